The summed E-state index contributed by atoms with van der Waals surface area (Å²) in [6.07, 6.45) is 1.47. The molecule has 0 bridgehead atoms. The monoisotopic (exact) mass is 471 g/mol. The van der Waals surface area contributed by atoms with E-state index in [-0.39, 0.29) is 13.2 Å². The van der Waals surface area contributed by atoms with Crippen molar-refractivity contribution in [2.45, 2.75) is 24.1 Å². The minimum absolute atomic E-state index is 0.0654. The van der Waals surface area contributed by atoms with Crippen LogP contribution < -0.4 is 11.2 Å². The number of rotatable bonds is 7. The second-order valence-electron chi connectivity index (χ2n) is 7.12. The van der Waals surface area contributed by atoms with Crippen molar-refractivity contribution < 1.29 is 9.53 Å². The SMILES string of the molecule is Cc1nc(CSc2ccc(C(=O)OCCn3cnc4c3c(=O)n(C)c(=O)n4C)cc2)cs1. The number of carbonyl (C=O) groups is 1. The summed E-state index contributed by atoms with van der Waals surface area (Å²) in [6, 6.07) is 7.23. The maximum Gasteiger partial charge on any atom is 0.338 e. The molecule has 4 rings (SSSR count). The molecule has 0 aliphatic heterocycles. The number of benzene rings is 1. The Morgan fingerprint density at radius 3 is 2.59 bits per heavy atom. The average molecular weight is 472 g/mol. The second-order valence-corrected chi connectivity index (χ2v) is 9.23. The van der Waals surface area contributed by atoms with Crippen molar-refractivity contribution in [1.29, 1.82) is 0 Å². The highest BCUT2D eigenvalue weighted by atomic mass is 32.2. The third kappa shape index (κ3) is 4.39. The molecular weight excluding hydrogens is 450 g/mol. The zero-order chi connectivity index (χ0) is 22.8. The molecule has 4 aromatic rings. The molecule has 0 unspecified atom stereocenters. The van der Waals surface area contributed by atoms with Crippen molar-refractivity contribution >= 4 is 40.2 Å². The van der Waals surface area contributed by atoms with E-state index in [0.717, 1.165) is 25.9 Å². The van der Waals surface area contributed by atoms with Gasteiger partial charge in [-0.1, -0.05) is 0 Å². The van der Waals surface area contributed by atoms with Crippen LogP contribution in [0.5, 0.6) is 0 Å². The predicted molar refractivity (Wildman–Crippen MR) is 123 cm³/mol. The van der Waals surface area contributed by atoms with Gasteiger partial charge in [0.15, 0.2) is 11.2 Å². The lowest BCUT2D eigenvalue weighted by Gasteiger charge is -2.08. The molecule has 0 aliphatic carbocycles. The van der Waals surface area contributed by atoms with Crippen molar-refractivity contribution in [3.05, 3.63) is 73.1 Å². The first kappa shape index (κ1) is 22.0. The van der Waals surface area contributed by atoms with E-state index in [1.54, 1.807) is 46.8 Å². The van der Waals surface area contributed by atoms with Gasteiger partial charge in [0.2, 0.25) is 0 Å². The molecule has 0 fully saturated rings. The Morgan fingerprint density at radius 2 is 1.91 bits per heavy atom. The molecule has 11 heteroatoms. The van der Waals surface area contributed by atoms with Gasteiger partial charge in [-0.05, 0) is 31.2 Å². The number of esters is 1. The van der Waals surface area contributed by atoms with Crippen molar-refractivity contribution in [1.82, 2.24) is 23.7 Å². The standard InChI is InChI=1S/C21H21N5O4S2/c1-13-23-15(10-31-13)11-32-16-6-4-14(5-7-16)20(28)30-9-8-26-12-22-18-17(26)19(27)25(3)21(29)24(18)2/h4-7,10,12H,8-9,11H2,1-3H3. The maximum absolute atomic E-state index is 12.5. The Bertz CT molecular complexity index is 1400. The highest BCUT2D eigenvalue weighted by molar-refractivity contribution is 7.98. The van der Waals surface area contributed by atoms with E-state index in [9.17, 15) is 14.4 Å². The average Bonchev–Trinajstić information content (AvgIpc) is 3.41. The summed E-state index contributed by atoms with van der Waals surface area (Å²) in [5.41, 5.74) is 1.21. The molecule has 0 atom stereocenters. The Hall–Kier alpha value is -3.18. The molecule has 0 spiro atoms. The zero-order valence-electron chi connectivity index (χ0n) is 17.8. The van der Waals surface area contributed by atoms with E-state index in [1.165, 1.54) is 17.9 Å². The Balaban J connectivity index is 1.36. The number of nitrogens with zero attached hydrogens (tertiary/aromatic N) is 5. The molecule has 0 saturated carbocycles. The van der Waals surface area contributed by atoms with Gasteiger partial charge < -0.3 is 9.30 Å². The number of imidazole rings is 1. The van der Waals surface area contributed by atoms with Crippen LogP contribution in [0.25, 0.3) is 11.2 Å². The third-order valence-electron chi connectivity index (χ3n) is 4.93. The molecule has 0 amide bonds. The smallest absolute Gasteiger partial charge is 0.338 e. The Labute approximate surface area is 191 Å². The quantitative estimate of drug-likeness (QED) is 0.301. The lowest BCUT2D eigenvalue weighted by atomic mass is 10.2. The van der Waals surface area contributed by atoms with Crippen LogP contribution in [-0.2, 0) is 31.1 Å². The van der Waals surface area contributed by atoms with E-state index in [1.807, 2.05) is 24.4 Å². The first-order valence-electron chi connectivity index (χ1n) is 9.77. The fraction of sp³-hybridized carbons (Fsp3) is 0.286. The minimum atomic E-state index is -0.443. The molecule has 1 aromatic carbocycles. The molecule has 166 valence electrons. The van der Waals surface area contributed by atoms with Gasteiger partial charge in [0.25, 0.3) is 5.56 Å². The van der Waals surface area contributed by atoms with Crippen LogP contribution in [0.4, 0.5) is 0 Å². The van der Waals surface area contributed by atoms with Gasteiger partial charge >= 0.3 is 11.7 Å². The molecule has 0 radical (unpaired) electrons. The fourth-order valence-corrected chi connectivity index (χ4v) is 4.71. The number of ether oxygens (including phenoxy) is 1. The number of aryl methyl sites for hydroxylation is 2. The van der Waals surface area contributed by atoms with Gasteiger partial charge in [-0.3, -0.25) is 13.9 Å². The summed E-state index contributed by atoms with van der Waals surface area (Å²) in [5, 5.41) is 3.10. The molecule has 9 nitrogen and oxygen atoms in total. The number of hydrogen-bond acceptors (Lipinski definition) is 8. The summed E-state index contributed by atoms with van der Waals surface area (Å²) in [5.74, 6) is 0.333. The normalized spacial score (nSPS) is 11.2. The van der Waals surface area contributed by atoms with Gasteiger partial charge in [-0.25, -0.2) is 19.6 Å². The van der Waals surface area contributed by atoms with E-state index in [0.29, 0.717) is 16.7 Å². The summed E-state index contributed by atoms with van der Waals surface area (Å²) < 4.78 is 9.30. The summed E-state index contributed by atoms with van der Waals surface area (Å²) in [4.78, 5) is 46.5. The summed E-state index contributed by atoms with van der Waals surface area (Å²) >= 11 is 3.29. The van der Waals surface area contributed by atoms with E-state index in [4.69, 9.17) is 4.74 Å². The number of carbonyl (C=O) groups excluding carboxylic acids is 1. The molecule has 3 heterocycles. The van der Waals surface area contributed by atoms with Crippen molar-refractivity contribution in [2.75, 3.05) is 6.61 Å². The number of fused-ring (bicyclic) bond motifs is 1. The summed E-state index contributed by atoms with van der Waals surface area (Å²) in [7, 11) is 2.97. The van der Waals surface area contributed by atoms with Gasteiger partial charge in [0.05, 0.1) is 29.1 Å². The van der Waals surface area contributed by atoms with Crippen LogP contribution in [0, 0.1) is 6.92 Å². The third-order valence-corrected chi connectivity index (χ3v) is 6.79. The first-order chi connectivity index (χ1) is 15.3. The second kappa shape index (κ2) is 9.13. The van der Waals surface area contributed by atoms with Crippen LogP contribution >= 0.6 is 23.1 Å². The van der Waals surface area contributed by atoms with Crippen LogP contribution in [0.2, 0.25) is 0 Å². The maximum atomic E-state index is 12.5. The van der Waals surface area contributed by atoms with Gasteiger partial charge in [0.1, 0.15) is 6.61 Å². The first-order valence-corrected chi connectivity index (χ1v) is 11.6. The number of thioether (sulfide) groups is 1. The molecule has 0 saturated heterocycles. The highest BCUT2D eigenvalue weighted by Crippen LogP contribution is 2.24. The summed E-state index contributed by atoms with van der Waals surface area (Å²) in [6.45, 7) is 2.29. The zero-order valence-corrected chi connectivity index (χ0v) is 19.4. The molecule has 0 aliphatic rings. The van der Waals surface area contributed by atoms with Crippen LogP contribution in [0.15, 0.2) is 50.5 Å². The predicted octanol–water partition coefficient (Wildman–Crippen LogP) is 2.35. The Kier molecular flexibility index (Phi) is 6.28. The van der Waals surface area contributed by atoms with Gasteiger partial charge in [0, 0.05) is 30.1 Å². The van der Waals surface area contributed by atoms with Crippen molar-refractivity contribution in [2.24, 2.45) is 14.1 Å². The van der Waals surface area contributed by atoms with Crippen LogP contribution in [-0.4, -0.2) is 36.2 Å². The molecular formula is C21H21N5O4S2. The van der Waals surface area contributed by atoms with Gasteiger partial charge in [-0.15, -0.1) is 23.1 Å². The topological polar surface area (TPSA) is 101 Å². The van der Waals surface area contributed by atoms with Crippen molar-refractivity contribution in [3.63, 3.8) is 0 Å². The van der Waals surface area contributed by atoms with E-state index < -0.39 is 17.2 Å². The number of hydrogen-bond donors (Lipinski definition) is 0. The van der Waals surface area contributed by atoms with E-state index >= 15 is 0 Å². The largest absolute Gasteiger partial charge is 0.460 e. The minimum Gasteiger partial charge on any atom is -0.460 e. The lowest BCUT2D eigenvalue weighted by Crippen LogP contribution is -2.37. The van der Waals surface area contributed by atoms with E-state index in [2.05, 4.69) is 9.97 Å². The fourth-order valence-electron chi connectivity index (χ4n) is 3.21. The number of aromatic nitrogens is 5. The van der Waals surface area contributed by atoms with Crippen LogP contribution in [0.1, 0.15) is 21.1 Å². The molecule has 0 N–H and O–H groups in total. The van der Waals surface area contributed by atoms with Crippen LogP contribution in [0.3, 0.4) is 0 Å². The highest BCUT2D eigenvalue weighted by Gasteiger charge is 2.15. The van der Waals surface area contributed by atoms with Crippen molar-refractivity contribution in [3.8, 4) is 0 Å². The Morgan fingerprint density at radius 1 is 1.16 bits per heavy atom. The molecule has 3 aromatic heterocycles. The van der Waals surface area contributed by atoms with Gasteiger partial charge in [-0.2, -0.15) is 0 Å². The lowest BCUT2D eigenvalue weighted by molar-refractivity contribution is 0.0492. The molecule has 32 heavy (non-hydrogen) atoms. The number of thiazole rings is 1.